The molecular formula is C25H26N4O6. The van der Waals surface area contributed by atoms with Gasteiger partial charge in [-0.15, -0.1) is 0 Å². The van der Waals surface area contributed by atoms with Gasteiger partial charge in [0.15, 0.2) is 6.10 Å². The number of carbonyl (C=O) groups is 3. The van der Waals surface area contributed by atoms with Crippen molar-refractivity contribution in [1.29, 1.82) is 0 Å². The summed E-state index contributed by atoms with van der Waals surface area (Å²) >= 11 is 0. The summed E-state index contributed by atoms with van der Waals surface area (Å²) in [7, 11) is 1.30. The highest BCUT2D eigenvalue weighted by molar-refractivity contribution is 5.85. The fourth-order valence-corrected chi connectivity index (χ4v) is 4.15. The van der Waals surface area contributed by atoms with Crippen molar-refractivity contribution in [1.82, 2.24) is 15.1 Å². The van der Waals surface area contributed by atoms with Crippen molar-refractivity contribution >= 4 is 23.7 Å². The van der Waals surface area contributed by atoms with Gasteiger partial charge >= 0.3 is 12.1 Å². The number of hydrogen-bond donors (Lipinski definition) is 3. The molecule has 10 heteroatoms. The average molecular weight is 479 g/mol. The largest absolute Gasteiger partial charge is 0.479 e. The number of methoxy groups -OCH3 is 1. The quantitative estimate of drug-likeness (QED) is 0.408. The van der Waals surface area contributed by atoms with Gasteiger partial charge in [-0.05, 0) is 22.3 Å². The van der Waals surface area contributed by atoms with E-state index in [9.17, 15) is 14.4 Å². The second-order valence-corrected chi connectivity index (χ2v) is 8.08. The highest BCUT2D eigenvalue weighted by Gasteiger charge is 2.29. The van der Waals surface area contributed by atoms with E-state index in [4.69, 9.17) is 14.6 Å². The third-order valence-corrected chi connectivity index (χ3v) is 5.82. The number of anilines is 1. The van der Waals surface area contributed by atoms with Crippen molar-refractivity contribution in [3.63, 3.8) is 0 Å². The van der Waals surface area contributed by atoms with Crippen LogP contribution in [0.3, 0.4) is 0 Å². The summed E-state index contributed by atoms with van der Waals surface area (Å²) in [5.41, 5.74) is 4.94. The number of nitrogens with one attached hydrogen (secondary N) is 2. The van der Waals surface area contributed by atoms with E-state index in [1.165, 1.54) is 24.2 Å². The van der Waals surface area contributed by atoms with E-state index >= 15 is 0 Å². The maximum absolute atomic E-state index is 12.4. The number of ether oxygens (including phenoxy) is 2. The number of carboxylic acid groups (broad SMARTS) is 1. The lowest BCUT2D eigenvalue weighted by Gasteiger charge is -2.14. The first kappa shape index (κ1) is 24.0. The lowest BCUT2D eigenvalue weighted by Crippen LogP contribution is -2.33. The van der Waals surface area contributed by atoms with Crippen LogP contribution in [0, 0.1) is 0 Å². The molecule has 0 saturated carbocycles. The van der Waals surface area contributed by atoms with Gasteiger partial charge in [0.1, 0.15) is 13.2 Å². The van der Waals surface area contributed by atoms with Gasteiger partial charge in [-0.1, -0.05) is 48.5 Å². The highest BCUT2D eigenvalue weighted by atomic mass is 16.5. The van der Waals surface area contributed by atoms with E-state index in [1.807, 2.05) is 36.4 Å². The molecule has 35 heavy (non-hydrogen) atoms. The molecule has 3 aromatic rings. The molecule has 10 nitrogen and oxygen atoms in total. The Morgan fingerprint density at radius 1 is 1.09 bits per heavy atom. The lowest BCUT2D eigenvalue weighted by atomic mass is 9.98. The van der Waals surface area contributed by atoms with Gasteiger partial charge in [-0.2, -0.15) is 5.10 Å². The van der Waals surface area contributed by atoms with Gasteiger partial charge in [0, 0.05) is 32.2 Å². The molecule has 1 heterocycles. The Bertz CT molecular complexity index is 1180. The molecule has 0 aliphatic heterocycles. The van der Waals surface area contributed by atoms with Crippen LogP contribution in [0.2, 0.25) is 0 Å². The van der Waals surface area contributed by atoms with Gasteiger partial charge < -0.3 is 19.9 Å². The third-order valence-electron chi connectivity index (χ3n) is 5.82. The molecule has 0 radical (unpaired) electrons. The van der Waals surface area contributed by atoms with Gasteiger partial charge in [0.05, 0.1) is 11.9 Å². The molecule has 1 unspecified atom stereocenters. The number of rotatable bonds is 10. The second-order valence-electron chi connectivity index (χ2n) is 8.08. The average Bonchev–Trinajstić information content (AvgIpc) is 3.42. The van der Waals surface area contributed by atoms with E-state index in [-0.39, 0.29) is 37.9 Å². The first-order valence-corrected chi connectivity index (χ1v) is 11.1. The van der Waals surface area contributed by atoms with Gasteiger partial charge in [-0.3, -0.25) is 14.8 Å². The number of hydrogen-bond acceptors (Lipinski definition) is 6. The van der Waals surface area contributed by atoms with Crippen LogP contribution in [0.15, 0.2) is 60.9 Å². The van der Waals surface area contributed by atoms with Crippen LogP contribution in [0.25, 0.3) is 11.1 Å². The van der Waals surface area contributed by atoms with Gasteiger partial charge in [0.25, 0.3) is 0 Å². The molecule has 182 valence electrons. The Labute approximate surface area is 201 Å². The topological polar surface area (TPSA) is 132 Å². The molecule has 1 aromatic heterocycles. The SMILES string of the molecule is COC(CCNC(=O)Cn1cc(NC(=O)OCC2c3ccccc3-c3ccccc32)cn1)C(=O)O. The summed E-state index contributed by atoms with van der Waals surface area (Å²) in [5, 5.41) is 18.2. The first-order valence-electron chi connectivity index (χ1n) is 11.1. The van der Waals surface area contributed by atoms with E-state index in [1.54, 1.807) is 0 Å². The minimum Gasteiger partial charge on any atom is -0.479 e. The van der Waals surface area contributed by atoms with Crippen molar-refractivity contribution in [2.24, 2.45) is 0 Å². The summed E-state index contributed by atoms with van der Waals surface area (Å²) < 4.78 is 11.7. The predicted molar refractivity (Wildman–Crippen MR) is 127 cm³/mol. The summed E-state index contributed by atoms with van der Waals surface area (Å²) in [4.78, 5) is 35.4. The maximum atomic E-state index is 12.4. The minimum atomic E-state index is -1.09. The Kier molecular flexibility index (Phi) is 7.41. The Balaban J connectivity index is 1.26. The molecule has 0 saturated heterocycles. The first-order chi connectivity index (χ1) is 17.0. The fraction of sp³-hybridized carbons (Fsp3) is 0.280. The van der Waals surface area contributed by atoms with Crippen molar-refractivity contribution in [2.45, 2.75) is 25.0 Å². The summed E-state index contributed by atoms with van der Waals surface area (Å²) in [6.07, 6.45) is 1.48. The molecule has 0 spiro atoms. The van der Waals surface area contributed by atoms with Gasteiger partial charge in [0.2, 0.25) is 5.91 Å². The van der Waals surface area contributed by atoms with Crippen molar-refractivity contribution in [3.8, 4) is 11.1 Å². The zero-order chi connectivity index (χ0) is 24.8. The number of fused-ring (bicyclic) bond motifs is 3. The van der Waals surface area contributed by atoms with Crippen LogP contribution in [0.5, 0.6) is 0 Å². The Hall–Kier alpha value is -4.18. The molecule has 1 aliphatic carbocycles. The van der Waals surface area contributed by atoms with Crippen LogP contribution in [0.1, 0.15) is 23.5 Å². The Morgan fingerprint density at radius 3 is 2.37 bits per heavy atom. The zero-order valence-electron chi connectivity index (χ0n) is 19.1. The highest BCUT2D eigenvalue weighted by Crippen LogP contribution is 2.44. The number of aliphatic carboxylic acids is 1. The van der Waals surface area contributed by atoms with Crippen LogP contribution in [0.4, 0.5) is 10.5 Å². The predicted octanol–water partition coefficient (Wildman–Crippen LogP) is 2.85. The van der Waals surface area contributed by atoms with Crippen molar-refractivity contribution in [3.05, 3.63) is 72.1 Å². The summed E-state index contributed by atoms with van der Waals surface area (Å²) in [6.45, 7) is 0.252. The summed E-state index contributed by atoms with van der Waals surface area (Å²) in [6, 6.07) is 16.2. The fourth-order valence-electron chi connectivity index (χ4n) is 4.15. The van der Waals surface area contributed by atoms with E-state index < -0.39 is 18.2 Å². The lowest BCUT2D eigenvalue weighted by molar-refractivity contribution is -0.149. The Morgan fingerprint density at radius 2 is 1.74 bits per heavy atom. The molecule has 4 rings (SSSR count). The molecule has 3 N–H and O–H groups in total. The van der Waals surface area contributed by atoms with Crippen molar-refractivity contribution in [2.75, 3.05) is 25.6 Å². The number of nitrogens with zero attached hydrogens (tertiary/aromatic N) is 2. The summed E-state index contributed by atoms with van der Waals surface area (Å²) in [5.74, 6) is -1.47. The van der Waals surface area contributed by atoms with E-state index in [2.05, 4.69) is 27.9 Å². The second kappa shape index (κ2) is 10.8. The van der Waals surface area contributed by atoms with Gasteiger partial charge in [-0.25, -0.2) is 9.59 Å². The van der Waals surface area contributed by atoms with Crippen LogP contribution >= 0.6 is 0 Å². The molecule has 0 fully saturated rings. The van der Waals surface area contributed by atoms with E-state index in [0.29, 0.717) is 5.69 Å². The van der Waals surface area contributed by atoms with Crippen LogP contribution < -0.4 is 10.6 Å². The van der Waals surface area contributed by atoms with Crippen LogP contribution in [-0.4, -0.2) is 59.2 Å². The smallest absolute Gasteiger partial charge is 0.411 e. The molecule has 2 aromatic carbocycles. The third kappa shape index (κ3) is 5.67. The zero-order valence-corrected chi connectivity index (χ0v) is 19.1. The number of benzene rings is 2. The number of aromatic nitrogens is 2. The van der Waals surface area contributed by atoms with Crippen molar-refractivity contribution < 1.29 is 29.0 Å². The standard InChI is InChI=1S/C25H26N4O6/c1-34-22(24(31)32)10-11-26-23(30)14-29-13-16(12-27-29)28-25(33)35-15-21-19-8-4-2-6-17(19)18-7-3-5-9-20(18)21/h2-9,12-13,21-22H,10-11,14-15H2,1H3,(H,26,30)(H,28,33)(H,31,32). The minimum absolute atomic E-state index is 0.0431. The number of amides is 2. The molecule has 1 atom stereocenters. The molecule has 0 bridgehead atoms. The molecule has 1 aliphatic rings. The number of carbonyl (C=O) groups excluding carboxylic acids is 2. The van der Waals surface area contributed by atoms with Crippen LogP contribution in [-0.2, 0) is 25.6 Å². The van der Waals surface area contributed by atoms with E-state index in [0.717, 1.165) is 22.3 Å². The number of carboxylic acids is 1. The maximum Gasteiger partial charge on any atom is 0.411 e. The normalized spacial score (nSPS) is 12.9. The molecular weight excluding hydrogens is 452 g/mol. The monoisotopic (exact) mass is 478 g/mol. The molecule has 2 amide bonds.